The van der Waals surface area contributed by atoms with Crippen molar-refractivity contribution in [2.75, 3.05) is 5.32 Å². The SMILES string of the molecule is Cc1c(C(=O)Nc2cccc(C#Cc3ccccn3)c2)oc2c(Cl)cccc12. The van der Waals surface area contributed by atoms with Crippen LogP contribution in [0, 0.1) is 18.8 Å². The van der Waals surface area contributed by atoms with Crippen molar-refractivity contribution in [1.82, 2.24) is 4.98 Å². The zero-order valence-electron chi connectivity index (χ0n) is 15.0. The summed E-state index contributed by atoms with van der Waals surface area (Å²) in [4.78, 5) is 16.9. The van der Waals surface area contributed by atoms with Crippen LogP contribution in [-0.4, -0.2) is 10.9 Å². The number of carbonyl (C=O) groups excluding carboxylic acids is 1. The molecule has 0 fully saturated rings. The molecule has 5 heteroatoms. The molecule has 0 saturated carbocycles. The highest BCUT2D eigenvalue weighted by Gasteiger charge is 2.19. The van der Waals surface area contributed by atoms with Gasteiger partial charge >= 0.3 is 0 Å². The van der Waals surface area contributed by atoms with Crippen molar-refractivity contribution in [3.05, 3.63) is 94.5 Å². The highest BCUT2D eigenvalue weighted by atomic mass is 35.5. The average molecular weight is 387 g/mol. The minimum Gasteiger partial charge on any atom is -0.449 e. The summed E-state index contributed by atoms with van der Waals surface area (Å²) in [5.41, 5.74) is 3.35. The number of aryl methyl sites for hydroxylation is 1. The number of nitrogens with one attached hydrogen (secondary N) is 1. The molecule has 0 aliphatic heterocycles. The lowest BCUT2D eigenvalue weighted by Gasteiger charge is -2.04. The van der Waals surface area contributed by atoms with Crippen molar-refractivity contribution in [2.45, 2.75) is 6.92 Å². The van der Waals surface area contributed by atoms with Gasteiger partial charge in [0.15, 0.2) is 11.3 Å². The minimum absolute atomic E-state index is 0.244. The molecule has 28 heavy (non-hydrogen) atoms. The monoisotopic (exact) mass is 386 g/mol. The Hall–Kier alpha value is -3.55. The van der Waals surface area contributed by atoms with Crippen LogP contribution >= 0.6 is 11.6 Å². The molecule has 0 spiro atoms. The molecule has 0 saturated heterocycles. The van der Waals surface area contributed by atoms with Crippen LogP contribution in [0.5, 0.6) is 0 Å². The summed E-state index contributed by atoms with van der Waals surface area (Å²) in [5, 5.41) is 4.16. The van der Waals surface area contributed by atoms with E-state index in [1.807, 2.05) is 49.4 Å². The van der Waals surface area contributed by atoms with Crippen LogP contribution < -0.4 is 5.32 Å². The highest BCUT2D eigenvalue weighted by Crippen LogP contribution is 2.31. The van der Waals surface area contributed by atoms with Gasteiger partial charge in [0.1, 0.15) is 5.69 Å². The standard InChI is InChI=1S/C23H15ClN2O2/c1-15-19-9-5-10-20(24)22(19)28-21(15)23(27)26-18-8-4-6-16(14-18)11-12-17-7-2-3-13-25-17/h2-10,13-14H,1H3,(H,26,27). The predicted molar refractivity (Wildman–Crippen MR) is 111 cm³/mol. The lowest BCUT2D eigenvalue weighted by atomic mass is 10.1. The number of nitrogens with zero attached hydrogens (tertiary/aromatic N) is 1. The quantitative estimate of drug-likeness (QED) is 0.466. The first kappa shape index (κ1) is 17.8. The maximum absolute atomic E-state index is 12.7. The Morgan fingerprint density at radius 2 is 1.93 bits per heavy atom. The van der Waals surface area contributed by atoms with Crippen molar-refractivity contribution >= 4 is 34.2 Å². The third kappa shape index (κ3) is 3.62. The molecule has 1 amide bonds. The number of amides is 1. The molecule has 0 bridgehead atoms. The van der Waals surface area contributed by atoms with Gasteiger partial charge in [0, 0.05) is 28.4 Å². The Morgan fingerprint density at radius 3 is 2.71 bits per heavy atom. The lowest BCUT2D eigenvalue weighted by molar-refractivity contribution is 0.0998. The number of halogens is 1. The number of rotatable bonds is 2. The van der Waals surface area contributed by atoms with E-state index in [1.165, 1.54) is 0 Å². The first-order valence-electron chi connectivity index (χ1n) is 8.64. The first-order chi connectivity index (χ1) is 13.6. The molecule has 2 heterocycles. The van der Waals surface area contributed by atoms with Gasteiger partial charge in [-0.15, -0.1) is 0 Å². The Morgan fingerprint density at radius 1 is 1.07 bits per heavy atom. The fraction of sp³-hybridized carbons (Fsp3) is 0.0435. The van der Waals surface area contributed by atoms with E-state index >= 15 is 0 Å². The number of hydrogen-bond donors (Lipinski definition) is 1. The smallest absolute Gasteiger partial charge is 0.291 e. The number of para-hydroxylation sites is 1. The largest absolute Gasteiger partial charge is 0.449 e. The number of carbonyl (C=O) groups is 1. The van der Waals surface area contributed by atoms with E-state index in [0.29, 0.717) is 22.0 Å². The van der Waals surface area contributed by atoms with E-state index in [1.54, 1.807) is 24.4 Å². The van der Waals surface area contributed by atoms with Gasteiger partial charge in [-0.25, -0.2) is 4.98 Å². The molecule has 2 aromatic carbocycles. The number of benzene rings is 2. The summed E-state index contributed by atoms with van der Waals surface area (Å²) in [6.07, 6.45) is 1.70. The Labute approximate surface area is 167 Å². The van der Waals surface area contributed by atoms with Gasteiger partial charge in [0.25, 0.3) is 5.91 Å². The first-order valence-corrected chi connectivity index (χ1v) is 9.02. The van der Waals surface area contributed by atoms with Crippen LogP contribution in [0.25, 0.3) is 11.0 Å². The van der Waals surface area contributed by atoms with Crippen LogP contribution in [0.15, 0.2) is 71.3 Å². The molecule has 0 aliphatic rings. The third-order valence-corrected chi connectivity index (χ3v) is 4.54. The second kappa shape index (κ2) is 7.59. The minimum atomic E-state index is -0.334. The van der Waals surface area contributed by atoms with Crippen molar-refractivity contribution in [3.8, 4) is 11.8 Å². The van der Waals surface area contributed by atoms with Gasteiger partial charge in [-0.05, 0) is 49.2 Å². The summed E-state index contributed by atoms with van der Waals surface area (Å²) >= 11 is 6.17. The topological polar surface area (TPSA) is 55.1 Å². The van der Waals surface area contributed by atoms with Gasteiger partial charge in [0.2, 0.25) is 0 Å². The Kier molecular flexibility index (Phi) is 4.84. The van der Waals surface area contributed by atoms with Crippen LogP contribution in [-0.2, 0) is 0 Å². The van der Waals surface area contributed by atoms with Crippen LogP contribution in [0.1, 0.15) is 27.4 Å². The molecular formula is C23H15ClN2O2. The molecule has 4 aromatic rings. The Balaban J connectivity index is 1.58. The molecule has 0 unspecified atom stereocenters. The fourth-order valence-electron chi connectivity index (χ4n) is 2.86. The summed E-state index contributed by atoms with van der Waals surface area (Å²) < 4.78 is 5.72. The number of hydrogen-bond acceptors (Lipinski definition) is 3. The summed E-state index contributed by atoms with van der Waals surface area (Å²) in [7, 11) is 0. The van der Waals surface area contributed by atoms with Crippen molar-refractivity contribution < 1.29 is 9.21 Å². The van der Waals surface area contributed by atoms with Gasteiger partial charge < -0.3 is 9.73 Å². The molecule has 0 radical (unpaired) electrons. The molecule has 0 atom stereocenters. The fourth-order valence-corrected chi connectivity index (χ4v) is 3.07. The molecule has 4 rings (SSSR count). The van der Waals surface area contributed by atoms with Gasteiger partial charge in [-0.1, -0.05) is 41.8 Å². The highest BCUT2D eigenvalue weighted by molar-refractivity contribution is 6.35. The van der Waals surface area contributed by atoms with E-state index in [0.717, 1.165) is 16.5 Å². The van der Waals surface area contributed by atoms with Crippen molar-refractivity contribution in [3.63, 3.8) is 0 Å². The number of furan rings is 1. The molecular weight excluding hydrogens is 372 g/mol. The zero-order chi connectivity index (χ0) is 19.5. The maximum atomic E-state index is 12.7. The van der Waals surface area contributed by atoms with Crippen molar-refractivity contribution in [2.24, 2.45) is 0 Å². The molecule has 136 valence electrons. The van der Waals surface area contributed by atoms with Gasteiger partial charge in [0.05, 0.1) is 5.02 Å². The van der Waals surface area contributed by atoms with E-state index in [4.69, 9.17) is 16.0 Å². The van der Waals surface area contributed by atoms with Gasteiger partial charge in [-0.3, -0.25) is 4.79 Å². The lowest BCUT2D eigenvalue weighted by Crippen LogP contribution is -2.12. The van der Waals surface area contributed by atoms with Crippen molar-refractivity contribution in [1.29, 1.82) is 0 Å². The average Bonchev–Trinajstić information content (AvgIpc) is 3.06. The van der Waals surface area contributed by atoms with Crippen LogP contribution in [0.3, 0.4) is 0 Å². The summed E-state index contributed by atoms with van der Waals surface area (Å²) in [6.45, 7) is 1.84. The maximum Gasteiger partial charge on any atom is 0.291 e. The summed E-state index contributed by atoms with van der Waals surface area (Å²) in [6, 6.07) is 18.3. The third-order valence-electron chi connectivity index (χ3n) is 4.24. The molecule has 2 aromatic heterocycles. The number of anilines is 1. The van der Waals surface area contributed by atoms with E-state index in [-0.39, 0.29) is 11.7 Å². The predicted octanol–water partition coefficient (Wildman–Crippen LogP) is 5.44. The van der Waals surface area contributed by atoms with Gasteiger partial charge in [-0.2, -0.15) is 0 Å². The second-order valence-corrected chi connectivity index (χ2v) is 6.58. The van der Waals surface area contributed by atoms with E-state index in [9.17, 15) is 4.79 Å². The van der Waals surface area contributed by atoms with E-state index < -0.39 is 0 Å². The number of fused-ring (bicyclic) bond motifs is 1. The zero-order valence-corrected chi connectivity index (χ0v) is 15.7. The normalized spacial score (nSPS) is 10.4. The second-order valence-electron chi connectivity index (χ2n) is 6.17. The molecule has 4 nitrogen and oxygen atoms in total. The molecule has 0 aliphatic carbocycles. The Bertz CT molecular complexity index is 1230. The molecule has 1 N–H and O–H groups in total. The summed E-state index contributed by atoms with van der Waals surface area (Å²) in [5.74, 6) is 5.96. The number of pyridine rings is 1. The van der Waals surface area contributed by atoms with E-state index in [2.05, 4.69) is 22.1 Å². The number of aromatic nitrogens is 1. The van der Waals surface area contributed by atoms with Crippen LogP contribution in [0.4, 0.5) is 5.69 Å². The van der Waals surface area contributed by atoms with Crippen LogP contribution in [0.2, 0.25) is 5.02 Å².